The fourth-order valence-electron chi connectivity index (χ4n) is 2.17. The van der Waals surface area contributed by atoms with E-state index in [1.54, 1.807) is 0 Å². The Hall–Kier alpha value is -1.31. The van der Waals surface area contributed by atoms with Crippen LogP contribution in [-0.2, 0) is 0 Å². The van der Waals surface area contributed by atoms with E-state index in [0.717, 1.165) is 16.9 Å². The lowest BCUT2D eigenvalue weighted by Gasteiger charge is -2.14. The Labute approximate surface area is 103 Å². The van der Waals surface area contributed by atoms with Gasteiger partial charge < -0.3 is 4.74 Å². The zero-order valence-electron chi connectivity index (χ0n) is 10.8. The second-order valence-corrected chi connectivity index (χ2v) is 4.92. The highest BCUT2D eigenvalue weighted by molar-refractivity contribution is 6.00. The van der Waals surface area contributed by atoms with Crippen molar-refractivity contribution in [1.29, 1.82) is 0 Å². The van der Waals surface area contributed by atoms with Crippen LogP contribution < -0.4 is 4.74 Å². The Morgan fingerprint density at radius 2 is 2.18 bits per heavy atom. The van der Waals surface area contributed by atoms with E-state index < -0.39 is 0 Å². The average Bonchev–Trinajstić information content (AvgIpc) is 3.14. The van der Waals surface area contributed by atoms with Crippen molar-refractivity contribution < 1.29 is 9.53 Å². The summed E-state index contributed by atoms with van der Waals surface area (Å²) in [6.45, 7) is 6.59. The predicted octanol–water partition coefficient (Wildman–Crippen LogP) is 3.62. The number of rotatable bonds is 5. The molecule has 1 atom stereocenters. The summed E-state index contributed by atoms with van der Waals surface area (Å²) < 4.78 is 5.54. The van der Waals surface area contributed by atoms with Gasteiger partial charge in [-0.1, -0.05) is 18.6 Å². The molecule has 0 amide bonds. The zero-order valence-corrected chi connectivity index (χ0v) is 10.8. The first-order valence-electron chi connectivity index (χ1n) is 6.41. The molecule has 92 valence electrons. The average molecular weight is 232 g/mol. The first-order valence-corrected chi connectivity index (χ1v) is 6.41. The van der Waals surface area contributed by atoms with Crippen LogP contribution in [0.5, 0.6) is 5.75 Å². The summed E-state index contributed by atoms with van der Waals surface area (Å²) in [5.74, 6) is 1.70. The first-order chi connectivity index (χ1) is 8.13. The number of carbonyl (C=O) groups is 1. The van der Waals surface area contributed by atoms with E-state index in [-0.39, 0.29) is 11.7 Å². The number of hydrogen-bond donors (Lipinski definition) is 0. The van der Waals surface area contributed by atoms with Crippen LogP contribution >= 0.6 is 0 Å². The summed E-state index contributed by atoms with van der Waals surface area (Å²) >= 11 is 0. The second kappa shape index (κ2) is 4.91. The summed E-state index contributed by atoms with van der Waals surface area (Å²) in [7, 11) is 0. The molecule has 0 radical (unpaired) electrons. The van der Waals surface area contributed by atoms with Crippen LogP contribution in [0.15, 0.2) is 18.2 Å². The molecule has 1 unspecified atom stereocenters. The number of ketones is 1. The normalized spacial score (nSPS) is 16.6. The molecule has 0 bridgehead atoms. The maximum absolute atomic E-state index is 12.4. The summed E-state index contributed by atoms with van der Waals surface area (Å²) in [5.41, 5.74) is 1.87. The van der Waals surface area contributed by atoms with Gasteiger partial charge >= 0.3 is 0 Å². The molecule has 1 fully saturated rings. The predicted molar refractivity (Wildman–Crippen MR) is 68.6 cm³/mol. The monoisotopic (exact) mass is 232 g/mol. The van der Waals surface area contributed by atoms with Crippen LogP contribution in [0.4, 0.5) is 0 Å². The molecule has 2 rings (SSSR count). The van der Waals surface area contributed by atoms with Gasteiger partial charge in [-0.2, -0.15) is 0 Å². The Balaban J connectivity index is 2.27. The molecule has 2 nitrogen and oxygen atoms in total. The Morgan fingerprint density at radius 3 is 2.76 bits per heavy atom. The summed E-state index contributed by atoms with van der Waals surface area (Å²) in [4.78, 5) is 12.4. The second-order valence-electron chi connectivity index (χ2n) is 4.92. The van der Waals surface area contributed by atoms with Gasteiger partial charge in [0, 0.05) is 5.92 Å². The van der Waals surface area contributed by atoms with Crippen molar-refractivity contribution in [2.75, 3.05) is 6.61 Å². The minimum atomic E-state index is 0.135. The van der Waals surface area contributed by atoms with Gasteiger partial charge in [0.05, 0.1) is 12.2 Å². The van der Waals surface area contributed by atoms with Crippen LogP contribution in [0.3, 0.4) is 0 Å². The van der Waals surface area contributed by atoms with Crippen molar-refractivity contribution in [3.05, 3.63) is 29.3 Å². The third-order valence-corrected chi connectivity index (χ3v) is 3.44. The largest absolute Gasteiger partial charge is 0.493 e. The van der Waals surface area contributed by atoms with Crippen LogP contribution in [0.25, 0.3) is 0 Å². The molecule has 1 aliphatic carbocycles. The molecule has 1 saturated carbocycles. The van der Waals surface area contributed by atoms with Gasteiger partial charge in [-0.05, 0) is 44.7 Å². The molecule has 1 aromatic rings. The minimum absolute atomic E-state index is 0.135. The van der Waals surface area contributed by atoms with Crippen LogP contribution in [-0.4, -0.2) is 12.4 Å². The topological polar surface area (TPSA) is 26.3 Å². The molecule has 2 heteroatoms. The van der Waals surface area contributed by atoms with Crippen molar-refractivity contribution in [3.63, 3.8) is 0 Å². The lowest BCUT2D eigenvalue weighted by Crippen LogP contribution is -2.15. The van der Waals surface area contributed by atoms with E-state index in [0.29, 0.717) is 12.5 Å². The van der Waals surface area contributed by atoms with Crippen LogP contribution in [0.1, 0.15) is 42.6 Å². The van der Waals surface area contributed by atoms with Gasteiger partial charge in [0.15, 0.2) is 5.78 Å². The smallest absolute Gasteiger partial charge is 0.169 e. The lowest BCUT2D eigenvalue weighted by atomic mass is 9.93. The molecular weight excluding hydrogens is 212 g/mol. The quantitative estimate of drug-likeness (QED) is 0.725. The van der Waals surface area contributed by atoms with Crippen molar-refractivity contribution in [1.82, 2.24) is 0 Å². The van der Waals surface area contributed by atoms with Gasteiger partial charge in [-0.3, -0.25) is 4.79 Å². The van der Waals surface area contributed by atoms with Gasteiger partial charge in [0.1, 0.15) is 5.75 Å². The molecule has 1 aliphatic rings. The van der Waals surface area contributed by atoms with Gasteiger partial charge in [-0.15, -0.1) is 0 Å². The molecule has 1 aromatic carbocycles. The SMILES string of the molecule is CCOc1ccc(C)cc1C(=O)C(C)C1CC1. The van der Waals surface area contributed by atoms with Gasteiger partial charge in [0.2, 0.25) is 0 Å². The van der Waals surface area contributed by atoms with E-state index in [1.165, 1.54) is 12.8 Å². The summed E-state index contributed by atoms with van der Waals surface area (Å²) in [5, 5.41) is 0. The maximum atomic E-state index is 12.4. The molecule has 0 N–H and O–H groups in total. The molecule has 0 aromatic heterocycles. The van der Waals surface area contributed by atoms with Gasteiger partial charge in [0.25, 0.3) is 0 Å². The zero-order chi connectivity index (χ0) is 12.4. The van der Waals surface area contributed by atoms with Crippen molar-refractivity contribution in [2.45, 2.75) is 33.6 Å². The van der Waals surface area contributed by atoms with Crippen LogP contribution in [0, 0.1) is 18.8 Å². The molecule has 0 heterocycles. The van der Waals surface area contributed by atoms with Crippen molar-refractivity contribution in [3.8, 4) is 5.75 Å². The number of benzene rings is 1. The summed E-state index contributed by atoms with van der Waals surface area (Å²) in [6, 6.07) is 5.85. The Bertz CT molecular complexity index is 419. The van der Waals surface area contributed by atoms with Crippen molar-refractivity contribution in [2.24, 2.45) is 11.8 Å². The molecule has 0 aliphatic heterocycles. The van der Waals surface area contributed by atoms with Crippen molar-refractivity contribution >= 4 is 5.78 Å². The van der Waals surface area contributed by atoms with Crippen LogP contribution in [0.2, 0.25) is 0 Å². The summed E-state index contributed by atoms with van der Waals surface area (Å²) in [6.07, 6.45) is 2.39. The number of aryl methyl sites for hydroxylation is 1. The third kappa shape index (κ3) is 2.68. The van der Waals surface area contributed by atoms with E-state index in [2.05, 4.69) is 0 Å². The van der Waals surface area contributed by atoms with Gasteiger partial charge in [-0.25, -0.2) is 0 Å². The Kier molecular flexibility index (Phi) is 3.51. The standard InChI is InChI=1S/C15H20O2/c1-4-17-14-8-5-10(2)9-13(14)15(16)11(3)12-6-7-12/h5,8-9,11-12H,4,6-7H2,1-3H3. The Morgan fingerprint density at radius 1 is 1.47 bits per heavy atom. The third-order valence-electron chi connectivity index (χ3n) is 3.44. The highest BCUT2D eigenvalue weighted by Crippen LogP contribution is 2.39. The first kappa shape index (κ1) is 12.2. The number of ether oxygens (including phenoxy) is 1. The van der Waals surface area contributed by atoms with E-state index in [1.807, 2.05) is 39.0 Å². The molecule has 17 heavy (non-hydrogen) atoms. The minimum Gasteiger partial charge on any atom is -0.493 e. The van der Waals surface area contributed by atoms with E-state index in [4.69, 9.17) is 4.74 Å². The fraction of sp³-hybridized carbons (Fsp3) is 0.533. The van der Waals surface area contributed by atoms with E-state index in [9.17, 15) is 4.79 Å². The number of hydrogen-bond acceptors (Lipinski definition) is 2. The highest BCUT2D eigenvalue weighted by atomic mass is 16.5. The van der Waals surface area contributed by atoms with E-state index >= 15 is 0 Å². The fourth-order valence-corrected chi connectivity index (χ4v) is 2.17. The molecule has 0 saturated heterocycles. The number of Topliss-reactive ketones (excluding diaryl/α,β-unsaturated/α-hetero) is 1. The maximum Gasteiger partial charge on any atom is 0.169 e. The number of carbonyl (C=O) groups excluding carboxylic acids is 1. The molecule has 0 spiro atoms. The highest BCUT2D eigenvalue weighted by Gasteiger charge is 2.34. The molecular formula is C15H20O2. The lowest BCUT2D eigenvalue weighted by molar-refractivity contribution is 0.0912.